The van der Waals surface area contributed by atoms with Crippen molar-refractivity contribution in [1.82, 2.24) is 4.98 Å². The van der Waals surface area contributed by atoms with Crippen molar-refractivity contribution < 1.29 is 0 Å². The van der Waals surface area contributed by atoms with Gasteiger partial charge in [0.25, 0.3) is 0 Å². The molecule has 1 N–H and O–H groups in total. The summed E-state index contributed by atoms with van der Waals surface area (Å²) in [5, 5.41) is 5.18. The normalized spacial score (nSPS) is 10.9. The monoisotopic (exact) mass is 342 g/mol. The summed E-state index contributed by atoms with van der Waals surface area (Å²) in [5.41, 5.74) is 4.32. The van der Waals surface area contributed by atoms with Crippen molar-refractivity contribution in [2.75, 3.05) is 5.32 Å². The summed E-state index contributed by atoms with van der Waals surface area (Å²) >= 11 is 20.1. The number of halogens is 3. The molecule has 0 spiro atoms. The van der Waals surface area contributed by atoms with Gasteiger partial charge in [0.1, 0.15) is 5.52 Å². The molecule has 6 heteroatoms. The van der Waals surface area contributed by atoms with E-state index in [-0.39, 0.29) is 0 Å². The smallest absolute Gasteiger partial charge is 0.106 e. The van der Waals surface area contributed by atoms with Gasteiger partial charge in [0.05, 0.1) is 20.9 Å². The Kier molecular flexibility index (Phi) is 4.03. The Hall–Kier alpha value is -1.00. The van der Waals surface area contributed by atoms with Crippen LogP contribution in [0.15, 0.2) is 35.8 Å². The Bertz CT molecular complexity index is 750. The third kappa shape index (κ3) is 2.59. The first-order valence-electron chi connectivity index (χ1n) is 5.85. The molecule has 0 radical (unpaired) electrons. The minimum atomic E-state index is 0.495. The second kappa shape index (κ2) is 5.78. The number of fused-ring (bicyclic) bond motifs is 1. The van der Waals surface area contributed by atoms with Crippen LogP contribution in [-0.2, 0) is 6.54 Å². The first kappa shape index (κ1) is 14.0. The molecule has 0 aliphatic rings. The van der Waals surface area contributed by atoms with Crippen LogP contribution in [0.1, 0.15) is 5.56 Å². The molecule has 0 atom stereocenters. The highest BCUT2D eigenvalue weighted by atomic mass is 35.5. The van der Waals surface area contributed by atoms with Crippen LogP contribution in [-0.4, -0.2) is 4.98 Å². The summed E-state index contributed by atoms with van der Waals surface area (Å²) in [4.78, 5) is 4.34. The molecule has 0 unspecified atom stereocenters. The molecule has 0 bridgehead atoms. The Morgan fingerprint density at radius 1 is 1.00 bits per heavy atom. The molecule has 102 valence electrons. The molecular formula is C14H9Cl3N2S. The highest BCUT2D eigenvalue weighted by Gasteiger charge is 2.10. The lowest BCUT2D eigenvalue weighted by Gasteiger charge is -2.11. The van der Waals surface area contributed by atoms with Crippen molar-refractivity contribution in [3.63, 3.8) is 0 Å². The number of thiazole rings is 1. The summed E-state index contributed by atoms with van der Waals surface area (Å²) in [7, 11) is 0. The Balaban J connectivity index is 1.94. The van der Waals surface area contributed by atoms with E-state index in [9.17, 15) is 0 Å². The number of rotatable bonds is 3. The van der Waals surface area contributed by atoms with Gasteiger partial charge in [-0.3, -0.25) is 0 Å². The third-order valence-electron chi connectivity index (χ3n) is 2.96. The predicted molar refractivity (Wildman–Crippen MR) is 88.4 cm³/mol. The fraction of sp³-hybridized carbons (Fsp3) is 0.0714. The molecular weight excluding hydrogens is 335 g/mol. The Labute approximate surface area is 135 Å². The van der Waals surface area contributed by atoms with E-state index in [0.29, 0.717) is 21.6 Å². The lowest BCUT2D eigenvalue weighted by molar-refractivity contribution is 1.15. The van der Waals surface area contributed by atoms with Crippen LogP contribution in [0.25, 0.3) is 10.2 Å². The second-order valence-electron chi connectivity index (χ2n) is 4.18. The number of anilines is 1. The summed E-state index contributed by atoms with van der Waals surface area (Å²) in [6.45, 7) is 0.495. The molecule has 0 amide bonds. The summed E-state index contributed by atoms with van der Waals surface area (Å²) in [6.07, 6.45) is 0. The molecule has 1 aromatic heterocycles. The topological polar surface area (TPSA) is 24.9 Å². The minimum absolute atomic E-state index is 0.495. The van der Waals surface area contributed by atoms with Gasteiger partial charge in [-0.05, 0) is 24.3 Å². The van der Waals surface area contributed by atoms with Crippen LogP contribution < -0.4 is 5.32 Å². The quantitative estimate of drug-likeness (QED) is 0.643. The maximum Gasteiger partial charge on any atom is 0.106 e. The van der Waals surface area contributed by atoms with Crippen LogP contribution in [0, 0.1) is 0 Å². The van der Waals surface area contributed by atoms with E-state index in [1.54, 1.807) is 16.8 Å². The van der Waals surface area contributed by atoms with Gasteiger partial charge in [-0.25, -0.2) is 4.98 Å². The van der Waals surface area contributed by atoms with Crippen molar-refractivity contribution in [1.29, 1.82) is 0 Å². The molecule has 0 saturated heterocycles. The van der Waals surface area contributed by atoms with Gasteiger partial charge in [-0.15, -0.1) is 11.3 Å². The van der Waals surface area contributed by atoms with Crippen LogP contribution in [0.4, 0.5) is 5.69 Å². The Morgan fingerprint density at radius 3 is 2.50 bits per heavy atom. The van der Waals surface area contributed by atoms with Gasteiger partial charge in [-0.1, -0.05) is 40.9 Å². The van der Waals surface area contributed by atoms with Gasteiger partial charge >= 0.3 is 0 Å². The summed E-state index contributed by atoms with van der Waals surface area (Å²) in [5.74, 6) is 0. The SMILES string of the molecule is Clc1cccc(Cl)c1CNc1c(Cl)ccc2scnc12. The molecule has 3 rings (SSSR count). The molecule has 2 aromatic carbocycles. The van der Waals surface area contributed by atoms with E-state index in [2.05, 4.69) is 10.3 Å². The van der Waals surface area contributed by atoms with E-state index in [4.69, 9.17) is 34.8 Å². The number of benzene rings is 2. The average molecular weight is 344 g/mol. The van der Waals surface area contributed by atoms with Crippen molar-refractivity contribution in [2.24, 2.45) is 0 Å². The fourth-order valence-electron chi connectivity index (χ4n) is 1.95. The highest BCUT2D eigenvalue weighted by molar-refractivity contribution is 7.16. The molecule has 3 aromatic rings. The van der Waals surface area contributed by atoms with Crippen molar-refractivity contribution >= 4 is 62.0 Å². The van der Waals surface area contributed by atoms with E-state index < -0.39 is 0 Å². The maximum atomic E-state index is 6.24. The molecule has 0 saturated carbocycles. The number of nitrogens with zero attached hydrogens (tertiary/aromatic N) is 1. The van der Waals surface area contributed by atoms with Crippen LogP contribution in [0.5, 0.6) is 0 Å². The average Bonchev–Trinajstić information content (AvgIpc) is 2.88. The minimum Gasteiger partial charge on any atom is -0.378 e. The van der Waals surface area contributed by atoms with Gasteiger partial charge in [0.2, 0.25) is 0 Å². The molecule has 0 aliphatic carbocycles. The predicted octanol–water partition coefficient (Wildman–Crippen LogP) is 5.87. The molecule has 1 heterocycles. The van der Waals surface area contributed by atoms with Gasteiger partial charge < -0.3 is 5.32 Å². The lowest BCUT2D eigenvalue weighted by Crippen LogP contribution is -2.02. The standard InChI is InChI=1S/C14H9Cl3N2S/c15-9-2-1-3-10(16)8(9)6-18-13-11(17)4-5-12-14(13)19-7-20-12/h1-5,7,18H,6H2. The molecule has 0 aliphatic heterocycles. The highest BCUT2D eigenvalue weighted by Crippen LogP contribution is 2.33. The van der Waals surface area contributed by atoms with Crippen LogP contribution in [0.2, 0.25) is 15.1 Å². The first-order chi connectivity index (χ1) is 9.66. The van der Waals surface area contributed by atoms with Crippen LogP contribution in [0.3, 0.4) is 0 Å². The van der Waals surface area contributed by atoms with Crippen molar-refractivity contribution in [3.05, 3.63) is 56.5 Å². The van der Waals surface area contributed by atoms with E-state index >= 15 is 0 Å². The number of nitrogens with one attached hydrogen (secondary N) is 1. The zero-order chi connectivity index (χ0) is 14.1. The Morgan fingerprint density at radius 2 is 1.75 bits per heavy atom. The second-order valence-corrected chi connectivity index (χ2v) is 6.28. The summed E-state index contributed by atoms with van der Waals surface area (Å²) < 4.78 is 1.09. The molecule has 2 nitrogen and oxygen atoms in total. The molecule has 0 fully saturated rings. The number of aromatic nitrogens is 1. The van der Waals surface area contributed by atoms with Gasteiger partial charge in [-0.2, -0.15) is 0 Å². The molecule has 20 heavy (non-hydrogen) atoms. The zero-order valence-corrected chi connectivity index (χ0v) is 13.2. The largest absolute Gasteiger partial charge is 0.378 e. The van der Waals surface area contributed by atoms with E-state index in [0.717, 1.165) is 21.5 Å². The van der Waals surface area contributed by atoms with Gasteiger partial charge in [0, 0.05) is 22.2 Å². The first-order valence-corrected chi connectivity index (χ1v) is 7.86. The lowest BCUT2D eigenvalue weighted by atomic mass is 10.2. The zero-order valence-electron chi connectivity index (χ0n) is 10.2. The van der Waals surface area contributed by atoms with Crippen molar-refractivity contribution in [2.45, 2.75) is 6.54 Å². The summed E-state index contributed by atoms with van der Waals surface area (Å²) in [6, 6.07) is 9.27. The van der Waals surface area contributed by atoms with Crippen LogP contribution >= 0.6 is 46.1 Å². The maximum absolute atomic E-state index is 6.24. The third-order valence-corrected chi connectivity index (χ3v) is 4.77. The number of hydrogen-bond acceptors (Lipinski definition) is 3. The van der Waals surface area contributed by atoms with Gasteiger partial charge in [0.15, 0.2) is 0 Å². The van der Waals surface area contributed by atoms with E-state index in [1.807, 2.05) is 30.3 Å². The fourth-order valence-corrected chi connectivity index (χ4v) is 3.39. The van der Waals surface area contributed by atoms with Crippen molar-refractivity contribution in [3.8, 4) is 0 Å². The van der Waals surface area contributed by atoms with E-state index in [1.165, 1.54) is 0 Å². The number of hydrogen-bond donors (Lipinski definition) is 1.